The van der Waals surface area contributed by atoms with Crippen LogP contribution in [0.25, 0.3) is 0 Å². The summed E-state index contributed by atoms with van der Waals surface area (Å²) in [4.78, 5) is 2.45. The number of thioether (sulfide) groups is 1. The maximum atomic E-state index is 5.91. The van der Waals surface area contributed by atoms with Crippen LogP contribution in [0.15, 0.2) is 21.2 Å². The van der Waals surface area contributed by atoms with Gasteiger partial charge in [-0.2, -0.15) is 11.8 Å². The summed E-state index contributed by atoms with van der Waals surface area (Å²) in [6.07, 6.45) is 1.22. The van der Waals surface area contributed by atoms with Crippen molar-refractivity contribution < 1.29 is 4.42 Å². The van der Waals surface area contributed by atoms with Crippen molar-refractivity contribution in [2.75, 3.05) is 25.4 Å². The first-order chi connectivity index (χ1) is 8.24. The fraction of sp³-hybridized carbons (Fsp3) is 0.667. The van der Waals surface area contributed by atoms with Crippen molar-refractivity contribution in [1.29, 1.82) is 0 Å². The highest BCUT2D eigenvalue weighted by molar-refractivity contribution is 9.10. The van der Waals surface area contributed by atoms with Gasteiger partial charge in [-0.25, -0.2) is 0 Å². The molecule has 2 unspecified atom stereocenters. The highest BCUT2D eigenvalue weighted by atomic mass is 79.9. The van der Waals surface area contributed by atoms with Crippen LogP contribution in [0.1, 0.15) is 25.1 Å². The van der Waals surface area contributed by atoms with Gasteiger partial charge in [0.15, 0.2) is 4.67 Å². The van der Waals surface area contributed by atoms with Gasteiger partial charge in [-0.15, -0.1) is 0 Å². The molecule has 3 nitrogen and oxygen atoms in total. The van der Waals surface area contributed by atoms with Crippen LogP contribution in [0.5, 0.6) is 0 Å². The highest BCUT2D eigenvalue weighted by Crippen LogP contribution is 2.29. The molecule has 0 aromatic carbocycles. The number of furan rings is 1. The van der Waals surface area contributed by atoms with E-state index in [2.05, 4.69) is 39.5 Å². The topological polar surface area (TPSA) is 42.4 Å². The number of hydrogen-bond acceptors (Lipinski definition) is 4. The quantitative estimate of drug-likeness (QED) is 0.927. The smallest absolute Gasteiger partial charge is 0.169 e. The lowest BCUT2D eigenvalue weighted by Crippen LogP contribution is -2.42. The molecule has 2 N–H and O–H groups in total. The minimum absolute atomic E-state index is 0.219. The fourth-order valence-electron chi connectivity index (χ4n) is 2.22. The minimum atomic E-state index is 0.219. The average molecular weight is 319 g/mol. The third-order valence-electron chi connectivity index (χ3n) is 3.21. The van der Waals surface area contributed by atoms with E-state index >= 15 is 0 Å². The molecule has 0 saturated carbocycles. The minimum Gasteiger partial charge on any atom is -0.453 e. The van der Waals surface area contributed by atoms with Crippen molar-refractivity contribution in [3.8, 4) is 0 Å². The van der Waals surface area contributed by atoms with Crippen LogP contribution in [0, 0.1) is 0 Å². The number of hydrogen-bond donors (Lipinski definition) is 1. The Bertz CT molecular complexity index is 358. The zero-order valence-corrected chi connectivity index (χ0v) is 12.5. The molecule has 1 aliphatic heterocycles. The molecule has 1 aromatic rings. The van der Waals surface area contributed by atoms with Crippen LogP contribution >= 0.6 is 27.7 Å². The van der Waals surface area contributed by atoms with Gasteiger partial charge in [0.2, 0.25) is 0 Å². The molecule has 1 saturated heterocycles. The molecule has 2 heterocycles. The Morgan fingerprint density at radius 1 is 1.65 bits per heavy atom. The molecule has 17 heavy (non-hydrogen) atoms. The molecule has 1 aliphatic rings. The van der Waals surface area contributed by atoms with Gasteiger partial charge in [0.05, 0.1) is 6.04 Å². The van der Waals surface area contributed by atoms with Gasteiger partial charge in [-0.05, 0) is 34.5 Å². The van der Waals surface area contributed by atoms with Crippen molar-refractivity contribution in [3.63, 3.8) is 0 Å². The molecule has 2 atom stereocenters. The zero-order valence-electron chi connectivity index (χ0n) is 10.1. The lowest BCUT2D eigenvalue weighted by atomic mass is 10.1. The first-order valence-corrected chi connectivity index (χ1v) is 7.89. The van der Waals surface area contributed by atoms with Gasteiger partial charge in [0, 0.05) is 30.6 Å². The van der Waals surface area contributed by atoms with Gasteiger partial charge < -0.3 is 10.2 Å². The Labute approximate surface area is 115 Å². The van der Waals surface area contributed by atoms with E-state index in [9.17, 15) is 0 Å². The van der Waals surface area contributed by atoms with Crippen LogP contribution in [0.3, 0.4) is 0 Å². The number of nitrogens with two attached hydrogens (primary N) is 1. The molecule has 2 rings (SSSR count). The Balaban J connectivity index is 2.07. The Morgan fingerprint density at radius 3 is 3.06 bits per heavy atom. The first kappa shape index (κ1) is 13.5. The van der Waals surface area contributed by atoms with Crippen LogP contribution < -0.4 is 5.73 Å². The second-order valence-corrected chi connectivity index (χ2v) is 6.48. The zero-order chi connectivity index (χ0) is 12.3. The molecule has 5 heteroatoms. The lowest BCUT2D eigenvalue weighted by Gasteiger charge is -2.36. The Kier molecular flexibility index (Phi) is 4.97. The van der Waals surface area contributed by atoms with Gasteiger partial charge in [-0.1, -0.05) is 6.92 Å². The predicted octanol–water partition coefficient (Wildman–Crippen LogP) is 2.87. The van der Waals surface area contributed by atoms with Gasteiger partial charge in [-0.3, -0.25) is 4.90 Å². The molecule has 0 amide bonds. The summed E-state index contributed by atoms with van der Waals surface area (Å²) in [5, 5.41) is 0.733. The number of rotatable bonds is 4. The Morgan fingerprint density at radius 2 is 2.47 bits per heavy atom. The largest absolute Gasteiger partial charge is 0.453 e. The second-order valence-electron chi connectivity index (χ2n) is 4.29. The van der Waals surface area contributed by atoms with E-state index in [1.165, 1.54) is 12.2 Å². The maximum Gasteiger partial charge on any atom is 0.169 e. The first-order valence-electron chi connectivity index (χ1n) is 6.05. The van der Waals surface area contributed by atoms with Crippen molar-refractivity contribution in [2.45, 2.75) is 24.6 Å². The molecule has 1 fully saturated rings. The standard InChI is InChI=1S/C12H19BrN2OS/c1-2-9-8-15(5-6-17-9)10(7-14)11-3-4-12(13)16-11/h3-4,9-10H,2,5-8,14H2,1H3. The van der Waals surface area contributed by atoms with Crippen molar-refractivity contribution in [3.05, 3.63) is 22.6 Å². The number of nitrogens with zero attached hydrogens (tertiary/aromatic N) is 1. The molecular weight excluding hydrogens is 300 g/mol. The summed E-state index contributed by atoms with van der Waals surface area (Å²) in [6.45, 7) is 5.08. The van der Waals surface area contributed by atoms with Gasteiger partial charge in [0.25, 0.3) is 0 Å². The normalized spacial score (nSPS) is 23.8. The molecule has 0 bridgehead atoms. The van der Waals surface area contributed by atoms with Crippen LogP contribution in [-0.4, -0.2) is 35.5 Å². The van der Waals surface area contributed by atoms with Crippen molar-refractivity contribution >= 4 is 27.7 Å². The molecule has 96 valence electrons. The summed E-state index contributed by atoms with van der Waals surface area (Å²) in [5.74, 6) is 2.16. The third-order valence-corrected chi connectivity index (χ3v) is 5.01. The van der Waals surface area contributed by atoms with Crippen LogP contribution in [0.2, 0.25) is 0 Å². The maximum absolute atomic E-state index is 5.91. The van der Waals surface area contributed by atoms with E-state index < -0.39 is 0 Å². The highest BCUT2D eigenvalue weighted by Gasteiger charge is 2.27. The molecule has 0 radical (unpaired) electrons. The SMILES string of the molecule is CCC1CN(C(CN)c2ccc(Br)o2)CCS1. The van der Waals surface area contributed by atoms with Crippen molar-refractivity contribution in [1.82, 2.24) is 4.90 Å². The van der Waals surface area contributed by atoms with E-state index in [0.717, 1.165) is 28.8 Å². The second kappa shape index (κ2) is 6.27. The van der Waals surface area contributed by atoms with E-state index in [1.807, 2.05) is 12.1 Å². The summed E-state index contributed by atoms with van der Waals surface area (Å²) in [5.41, 5.74) is 5.91. The molecule has 1 aromatic heterocycles. The fourth-order valence-corrected chi connectivity index (χ4v) is 3.75. The monoisotopic (exact) mass is 318 g/mol. The molecule has 0 aliphatic carbocycles. The third kappa shape index (κ3) is 3.28. The van der Waals surface area contributed by atoms with Crippen LogP contribution in [-0.2, 0) is 0 Å². The average Bonchev–Trinajstić information content (AvgIpc) is 2.77. The molecule has 0 spiro atoms. The van der Waals surface area contributed by atoms with E-state index in [-0.39, 0.29) is 6.04 Å². The lowest BCUT2D eigenvalue weighted by molar-refractivity contribution is 0.183. The van der Waals surface area contributed by atoms with Gasteiger partial charge in [0.1, 0.15) is 5.76 Å². The predicted molar refractivity (Wildman–Crippen MR) is 76.3 cm³/mol. The molecular formula is C12H19BrN2OS. The van der Waals surface area contributed by atoms with Crippen molar-refractivity contribution in [2.24, 2.45) is 5.73 Å². The number of halogens is 1. The van der Waals surface area contributed by atoms with Crippen LogP contribution in [0.4, 0.5) is 0 Å². The summed E-state index contributed by atoms with van der Waals surface area (Å²) in [6, 6.07) is 4.18. The van der Waals surface area contributed by atoms with E-state index in [4.69, 9.17) is 10.2 Å². The van der Waals surface area contributed by atoms with E-state index in [0.29, 0.717) is 6.54 Å². The van der Waals surface area contributed by atoms with Gasteiger partial charge >= 0.3 is 0 Å². The Hall–Kier alpha value is 0.0300. The summed E-state index contributed by atoms with van der Waals surface area (Å²) < 4.78 is 6.43. The summed E-state index contributed by atoms with van der Waals surface area (Å²) in [7, 11) is 0. The summed E-state index contributed by atoms with van der Waals surface area (Å²) >= 11 is 5.42. The van der Waals surface area contributed by atoms with E-state index in [1.54, 1.807) is 0 Å².